The van der Waals surface area contributed by atoms with Gasteiger partial charge in [0, 0.05) is 5.69 Å². The number of nitrogens with one attached hydrogen (secondary N) is 2. The lowest BCUT2D eigenvalue weighted by Crippen LogP contribution is -2.50. The van der Waals surface area contributed by atoms with E-state index in [-0.39, 0.29) is 5.91 Å². The minimum Gasteiger partial charge on any atom is -0.351 e. The molecule has 0 fully saturated rings. The van der Waals surface area contributed by atoms with Gasteiger partial charge in [0.15, 0.2) is 0 Å². The van der Waals surface area contributed by atoms with Gasteiger partial charge in [0.05, 0.1) is 17.1 Å². The minimum absolute atomic E-state index is 0.0995. The molecule has 1 amide bonds. The summed E-state index contributed by atoms with van der Waals surface area (Å²) in [4.78, 5) is 12.1. The number of rotatable bonds is 2. The molecule has 0 bridgehead atoms. The van der Waals surface area contributed by atoms with E-state index in [0.29, 0.717) is 12.2 Å². The van der Waals surface area contributed by atoms with E-state index in [1.54, 1.807) is 0 Å². The van der Waals surface area contributed by atoms with Crippen molar-refractivity contribution in [2.45, 2.75) is 25.1 Å². The van der Waals surface area contributed by atoms with Crippen molar-refractivity contribution in [1.29, 1.82) is 0 Å². The Morgan fingerprint density at radius 2 is 1.80 bits per heavy atom. The summed E-state index contributed by atoms with van der Waals surface area (Å²) in [6.45, 7) is 4.59. The van der Waals surface area contributed by atoms with E-state index < -0.39 is 4.87 Å². The molecule has 0 unspecified atom stereocenters. The second-order valence-electron chi connectivity index (χ2n) is 6.98. The zero-order valence-corrected chi connectivity index (χ0v) is 15.0. The average molecular weight is 354 g/mol. The number of nitrogens with zero attached hydrogens (tertiary/aromatic N) is 1. The molecular weight excluding hydrogens is 334 g/mol. The molecule has 2 aromatic rings. The van der Waals surface area contributed by atoms with E-state index in [9.17, 15) is 4.79 Å². The molecule has 0 aromatic heterocycles. The van der Waals surface area contributed by atoms with Crippen molar-refractivity contribution in [1.82, 2.24) is 5.43 Å². The predicted molar refractivity (Wildman–Crippen MR) is 102 cm³/mol. The number of carbonyl (C=O) groups is 1. The smallest absolute Gasteiger partial charge is 0.286 e. The van der Waals surface area contributed by atoms with Crippen molar-refractivity contribution in [3.05, 3.63) is 70.9 Å². The van der Waals surface area contributed by atoms with Crippen LogP contribution in [0, 0.1) is 0 Å². The Morgan fingerprint density at radius 1 is 1.08 bits per heavy atom. The highest BCUT2D eigenvalue weighted by Gasteiger charge is 2.29. The van der Waals surface area contributed by atoms with Gasteiger partial charge in [-0.15, -0.1) is 11.6 Å². The van der Waals surface area contributed by atoms with Crippen LogP contribution in [0.1, 0.15) is 25.0 Å². The highest BCUT2D eigenvalue weighted by Crippen LogP contribution is 2.32. The fraction of sp³-hybridized carbons (Fsp3) is 0.250. The van der Waals surface area contributed by atoms with Crippen LogP contribution >= 0.6 is 11.6 Å². The first-order chi connectivity index (χ1) is 11.9. The normalized spacial score (nSPS) is 16.8. The third-order valence-corrected chi connectivity index (χ3v) is 4.93. The quantitative estimate of drug-likeness (QED) is 0.804. The highest BCUT2D eigenvalue weighted by atomic mass is 35.5. The number of para-hydroxylation sites is 1. The van der Waals surface area contributed by atoms with Crippen molar-refractivity contribution in [3.8, 4) is 0 Å². The third-order valence-electron chi connectivity index (χ3n) is 4.71. The summed E-state index contributed by atoms with van der Waals surface area (Å²) < 4.78 is 0. The number of hydrogen-bond donors (Lipinski definition) is 2. The van der Waals surface area contributed by atoms with E-state index in [1.807, 2.05) is 61.3 Å². The second-order valence-corrected chi connectivity index (χ2v) is 7.93. The molecule has 2 aliphatic rings. The molecule has 4 nitrogen and oxygen atoms in total. The third kappa shape index (κ3) is 2.98. The number of hydrogen-bond acceptors (Lipinski definition) is 3. The van der Waals surface area contributed by atoms with Crippen LogP contribution in [-0.2, 0) is 16.1 Å². The topological polar surface area (TPSA) is 44.4 Å². The van der Waals surface area contributed by atoms with Gasteiger partial charge in [-0.2, -0.15) is 0 Å². The Bertz CT molecular complexity index is 865. The number of halogens is 1. The maximum atomic E-state index is 12.6. The molecule has 2 aromatic carbocycles. The van der Waals surface area contributed by atoms with E-state index in [2.05, 4.69) is 16.8 Å². The summed E-state index contributed by atoms with van der Waals surface area (Å²) in [5.74, 6) is -0.0995. The van der Waals surface area contributed by atoms with Crippen LogP contribution in [0.4, 0.5) is 11.4 Å². The second kappa shape index (κ2) is 5.81. The van der Waals surface area contributed by atoms with E-state index in [4.69, 9.17) is 11.6 Å². The molecule has 4 rings (SSSR count). The van der Waals surface area contributed by atoms with Crippen LogP contribution in [0.25, 0.3) is 0 Å². The molecule has 128 valence electrons. The molecule has 0 spiro atoms. The van der Waals surface area contributed by atoms with Crippen LogP contribution in [0.2, 0.25) is 0 Å². The molecule has 0 saturated heterocycles. The van der Waals surface area contributed by atoms with Gasteiger partial charge in [-0.3, -0.25) is 15.2 Å². The maximum Gasteiger partial charge on any atom is 0.286 e. The maximum absolute atomic E-state index is 12.6. The molecule has 2 N–H and O–H groups in total. The number of fused-ring (bicyclic) bond motifs is 1. The first-order valence-corrected chi connectivity index (χ1v) is 8.74. The van der Waals surface area contributed by atoms with E-state index >= 15 is 0 Å². The number of carbonyl (C=O) groups excluding carboxylic acids is 1. The van der Waals surface area contributed by atoms with Gasteiger partial charge in [0.2, 0.25) is 0 Å². The molecule has 5 heteroatoms. The lowest BCUT2D eigenvalue weighted by molar-refractivity contribution is -0.117. The zero-order valence-electron chi connectivity index (χ0n) is 14.3. The predicted octanol–water partition coefficient (Wildman–Crippen LogP) is 3.93. The van der Waals surface area contributed by atoms with E-state index in [1.165, 1.54) is 5.56 Å². The van der Waals surface area contributed by atoms with Gasteiger partial charge in [-0.05, 0) is 55.2 Å². The Morgan fingerprint density at radius 3 is 2.52 bits per heavy atom. The Balaban J connectivity index is 1.60. The van der Waals surface area contributed by atoms with Crippen molar-refractivity contribution in [2.24, 2.45) is 0 Å². The monoisotopic (exact) mass is 353 g/mol. The Labute approximate surface area is 152 Å². The van der Waals surface area contributed by atoms with Gasteiger partial charge in [-0.25, -0.2) is 0 Å². The van der Waals surface area contributed by atoms with Crippen LogP contribution < -0.4 is 15.8 Å². The fourth-order valence-corrected chi connectivity index (χ4v) is 3.42. The summed E-state index contributed by atoms with van der Waals surface area (Å²) in [6.07, 6.45) is 0.787. The lowest BCUT2D eigenvalue weighted by atomic mass is 9.95. The summed E-state index contributed by atoms with van der Waals surface area (Å²) in [7, 11) is 0. The number of alkyl halides is 1. The molecule has 0 atom stereocenters. The Kier molecular flexibility index (Phi) is 3.73. The van der Waals surface area contributed by atoms with Gasteiger partial charge < -0.3 is 5.32 Å². The highest BCUT2D eigenvalue weighted by molar-refractivity contribution is 6.23. The van der Waals surface area contributed by atoms with Crippen LogP contribution in [0.3, 0.4) is 0 Å². The first kappa shape index (κ1) is 16.0. The summed E-state index contributed by atoms with van der Waals surface area (Å²) in [5, 5.41) is 5.16. The van der Waals surface area contributed by atoms with Crippen molar-refractivity contribution in [3.63, 3.8) is 0 Å². The number of anilines is 2. The van der Waals surface area contributed by atoms with Crippen LogP contribution in [0.15, 0.2) is 59.8 Å². The standard InChI is InChI=1S/C20H20ClN3O/c1-20(2,21)15-7-9-16(10-8-15)24-12-14-11-13-5-3-4-6-17(13)22-18(14)19(25)23-24/h3-10,22H,11-12H2,1-2H3,(H,23,25). The fourth-order valence-electron chi connectivity index (χ4n) is 3.29. The van der Waals surface area contributed by atoms with Gasteiger partial charge in [0.1, 0.15) is 5.70 Å². The molecule has 0 saturated carbocycles. The number of hydrazine groups is 1. The van der Waals surface area contributed by atoms with Crippen LogP contribution in [-0.4, -0.2) is 12.5 Å². The summed E-state index contributed by atoms with van der Waals surface area (Å²) in [5.41, 5.74) is 8.97. The molecule has 2 aliphatic heterocycles. The van der Waals surface area contributed by atoms with Crippen molar-refractivity contribution >= 4 is 28.9 Å². The molecule has 0 aliphatic carbocycles. The number of amides is 1. The SMILES string of the molecule is CC(C)(Cl)c1ccc(N2CC3=C(Nc4ccccc4C3)C(=O)N2)cc1. The Hall–Kier alpha value is -2.46. The van der Waals surface area contributed by atoms with Crippen LogP contribution in [0.5, 0.6) is 0 Å². The largest absolute Gasteiger partial charge is 0.351 e. The van der Waals surface area contributed by atoms with Gasteiger partial charge in [0.25, 0.3) is 5.91 Å². The minimum atomic E-state index is -0.406. The average Bonchev–Trinajstić information content (AvgIpc) is 2.59. The molecule has 2 heterocycles. The summed E-state index contributed by atoms with van der Waals surface area (Å²) >= 11 is 6.36. The number of benzene rings is 2. The molecule has 0 radical (unpaired) electrons. The molecular formula is C20H20ClN3O. The van der Waals surface area contributed by atoms with Gasteiger partial charge in [-0.1, -0.05) is 30.3 Å². The zero-order chi connectivity index (χ0) is 17.6. The van der Waals surface area contributed by atoms with Gasteiger partial charge >= 0.3 is 0 Å². The van der Waals surface area contributed by atoms with Crippen molar-refractivity contribution in [2.75, 3.05) is 16.9 Å². The summed E-state index contributed by atoms with van der Waals surface area (Å²) in [6, 6.07) is 16.1. The lowest BCUT2D eigenvalue weighted by Gasteiger charge is -2.35. The van der Waals surface area contributed by atoms with E-state index in [0.717, 1.165) is 28.9 Å². The first-order valence-electron chi connectivity index (χ1n) is 8.37. The van der Waals surface area contributed by atoms with Crippen molar-refractivity contribution < 1.29 is 4.79 Å². The molecule has 25 heavy (non-hydrogen) atoms.